The maximum atomic E-state index is 12.6. The number of amides is 1. The summed E-state index contributed by atoms with van der Waals surface area (Å²) in [6.07, 6.45) is 0. The van der Waals surface area contributed by atoms with E-state index in [2.05, 4.69) is 15.0 Å². The normalized spacial score (nSPS) is 11.0. The molecule has 8 nitrogen and oxygen atoms in total. The minimum atomic E-state index is -3.77. The van der Waals surface area contributed by atoms with E-state index in [9.17, 15) is 13.2 Å². The van der Waals surface area contributed by atoms with Gasteiger partial charge in [-0.25, -0.2) is 13.4 Å². The number of hydrogen-bond donors (Lipinski definition) is 2. The lowest BCUT2D eigenvalue weighted by molar-refractivity contribution is 0.102. The number of nitrogens with one attached hydrogen (secondary N) is 2. The first-order chi connectivity index (χ1) is 16.9. The van der Waals surface area contributed by atoms with Crippen LogP contribution in [0.4, 0.5) is 10.8 Å². The number of ether oxygens (including phenoxy) is 2. The first-order valence-corrected chi connectivity index (χ1v) is 13.0. The number of rotatable bonds is 9. The van der Waals surface area contributed by atoms with Gasteiger partial charge in [-0.1, -0.05) is 0 Å². The molecule has 4 aromatic rings. The third kappa shape index (κ3) is 5.97. The Balaban J connectivity index is 1.39. The molecule has 10 heteroatoms. The summed E-state index contributed by atoms with van der Waals surface area (Å²) in [6.45, 7) is 2.53. The van der Waals surface area contributed by atoms with E-state index >= 15 is 0 Å². The number of hydrogen-bond acceptors (Lipinski definition) is 7. The highest BCUT2D eigenvalue weighted by Gasteiger charge is 2.15. The van der Waals surface area contributed by atoms with Crippen LogP contribution < -0.4 is 19.5 Å². The van der Waals surface area contributed by atoms with Crippen molar-refractivity contribution in [1.29, 1.82) is 0 Å². The SMILES string of the molecule is CCOc1ccc(-c2csc(NC(=O)c3ccc(NS(=O)(=O)c4ccc(OC)cc4)cc3)n2)cc1. The summed E-state index contributed by atoms with van der Waals surface area (Å²) in [5, 5.41) is 5.10. The van der Waals surface area contributed by atoms with E-state index in [1.807, 2.05) is 36.6 Å². The standard InChI is InChI=1S/C25H23N3O5S2/c1-3-33-21-10-6-17(7-11-21)23-16-34-25(26-23)27-24(29)18-4-8-19(9-5-18)28-35(30,31)22-14-12-20(32-2)13-15-22/h4-16,28H,3H2,1-2H3,(H,26,27,29). The topological polar surface area (TPSA) is 107 Å². The van der Waals surface area contributed by atoms with Gasteiger partial charge in [-0.15, -0.1) is 11.3 Å². The Kier molecular flexibility index (Phi) is 7.33. The van der Waals surface area contributed by atoms with Gasteiger partial charge >= 0.3 is 0 Å². The van der Waals surface area contributed by atoms with Crippen LogP contribution in [0, 0.1) is 0 Å². The summed E-state index contributed by atoms with van der Waals surface area (Å²) in [4.78, 5) is 17.2. The van der Waals surface area contributed by atoms with Crippen molar-refractivity contribution in [3.8, 4) is 22.8 Å². The van der Waals surface area contributed by atoms with Gasteiger partial charge in [0, 0.05) is 22.2 Å². The van der Waals surface area contributed by atoms with E-state index in [1.54, 1.807) is 24.3 Å². The van der Waals surface area contributed by atoms with Crippen molar-refractivity contribution in [3.63, 3.8) is 0 Å². The number of aromatic nitrogens is 1. The van der Waals surface area contributed by atoms with Crippen molar-refractivity contribution >= 4 is 38.1 Å². The number of sulfonamides is 1. The maximum Gasteiger partial charge on any atom is 0.261 e. The molecule has 0 aliphatic carbocycles. The molecule has 0 radical (unpaired) electrons. The summed E-state index contributed by atoms with van der Waals surface area (Å²) < 4.78 is 38.2. The molecule has 1 amide bonds. The molecule has 0 aliphatic heterocycles. The molecule has 3 aromatic carbocycles. The van der Waals surface area contributed by atoms with Crippen molar-refractivity contribution in [1.82, 2.24) is 4.98 Å². The molecule has 0 atom stereocenters. The fourth-order valence-electron chi connectivity index (χ4n) is 3.18. The van der Waals surface area contributed by atoms with Gasteiger partial charge in [0.05, 0.1) is 24.3 Å². The van der Waals surface area contributed by atoms with Gasteiger partial charge in [0.1, 0.15) is 11.5 Å². The zero-order valence-corrected chi connectivity index (χ0v) is 20.7. The molecule has 0 fully saturated rings. The minimum absolute atomic E-state index is 0.104. The Morgan fingerprint density at radius 2 is 1.60 bits per heavy atom. The van der Waals surface area contributed by atoms with Crippen LogP contribution in [0.15, 0.2) is 83.1 Å². The molecule has 1 aromatic heterocycles. The Hall–Kier alpha value is -3.89. The first kappa shape index (κ1) is 24.2. The molecule has 0 aliphatic rings. The number of benzene rings is 3. The van der Waals surface area contributed by atoms with Crippen LogP contribution in [0.2, 0.25) is 0 Å². The largest absolute Gasteiger partial charge is 0.497 e. The molecule has 1 heterocycles. The van der Waals surface area contributed by atoms with Gasteiger partial charge in [0.2, 0.25) is 0 Å². The molecule has 0 spiro atoms. The second-order valence-corrected chi connectivity index (χ2v) is 9.85. The van der Waals surface area contributed by atoms with Crippen molar-refractivity contribution in [2.75, 3.05) is 23.8 Å². The fraction of sp³-hybridized carbons (Fsp3) is 0.120. The third-order valence-electron chi connectivity index (χ3n) is 4.95. The number of carbonyl (C=O) groups is 1. The van der Waals surface area contributed by atoms with Crippen LogP contribution in [0.5, 0.6) is 11.5 Å². The maximum absolute atomic E-state index is 12.6. The predicted molar refractivity (Wildman–Crippen MR) is 137 cm³/mol. The second-order valence-electron chi connectivity index (χ2n) is 7.31. The number of methoxy groups -OCH3 is 1. The molecule has 0 saturated carbocycles. The molecule has 2 N–H and O–H groups in total. The highest BCUT2D eigenvalue weighted by Crippen LogP contribution is 2.27. The molecule has 0 unspecified atom stereocenters. The zero-order valence-electron chi connectivity index (χ0n) is 19.0. The highest BCUT2D eigenvalue weighted by atomic mass is 32.2. The number of carbonyl (C=O) groups excluding carboxylic acids is 1. The Morgan fingerprint density at radius 1 is 0.943 bits per heavy atom. The molecule has 180 valence electrons. The summed E-state index contributed by atoms with van der Waals surface area (Å²) in [5.41, 5.74) is 2.37. The summed E-state index contributed by atoms with van der Waals surface area (Å²) in [7, 11) is -2.26. The van der Waals surface area contributed by atoms with Crippen LogP contribution in [-0.4, -0.2) is 33.0 Å². The van der Waals surface area contributed by atoms with Crippen molar-refractivity contribution in [2.45, 2.75) is 11.8 Å². The van der Waals surface area contributed by atoms with Crippen LogP contribution in [-0.2, 0) is 10.0 Å². The van der Waals surface area contributed by atoms with Gasteiger partial charge in [-0.2, -0.15) is 0 Å². The van der Waals surface area contributed by atoms with Crippen LogP contribution in [0.1, 0.15) is 17.3 Å². The van der Waals surface area contributed by atoms with E-state index in [0.29, 0.717) is 28.7 Å². The van der Waals surface area contributed by atoms with Gasteiger partial charge in [0.15, 0.2) is 5.13 Å². The van der Waals surface area contributed by atoms with E-state index in [-0.39, 0.29) is 10.8 Å². The lowest BCUT2D eigenvalue weighted by Crippen LogP contribution is -2.14. The zero-order chi connectivity index (χ0) is 24.8. The molecule has 0 saturated heterocycles. The monoisotopic (exact) mass is 509 g/mol. The second kappa shape index (κ2) is 10.6. The van der Waals surface area contributed by atoms with Gasteiger partial charge in [-0.3, -0.25) is 14.8 Å². The van der Waals surface area contributed by atoms with Gasteiger partial charge in [0.25, 0.3) is 15.9 Å². The molecule has 0 bridgehead atoms. The molecular weight excluding hydrogens is 486 g/mol. The minimum Gasteiger partial charge on any atom is -0.497 e. The Morgan fingerprint density at radius 3 is 2.23 bits per heavy atom. The molecule has 35 heavy (non-hydrogen) atoms. The number of anilines is 2. The molecule has 4 rings (SSSR count). The summed E-state index contributed by atoms with van der Waals surface area (Å²) >= 11 is 1.32. The van der Waals surface area contributed by atoms with Crippen molar-refractivity contribution in [3.05, 3.63) is 83.7 Å². The highest BCUT2D eigenvalue weighted by molar-refractivity contribution is 7.92. The van der Waals surface area contributed by atoms with Crippen molar-refractivity contribution < 1.29 is 22.7 Å². The van der Waals surface area contributed by atoms with Gasteiger partial charge in [-0.05, 0) is 79.7 Å². The lowest BCUT2D eigenvalue weighted by Gasteiger charge is -2.09. The van der Waals surface area contributed by atoms with Crippen molar-refractivity contribution in [2.24, 2.45) is 0 Å². The Bertz CT molecular complexity index is 1400. The van der Waals surface area contributed by atoms with Crippen LogP contribution in [0.25, 0.3) is 11.3 Å². The third-order valence-corrected chi connectivity index (χ3v) is 7.11. The number of nitrogens with zero attached hydrogens (tertiary/aromatic N) is 1. The van der Waals surface area contributed by atoms with E-state index < -0.39 is 10.0 Å². The first-order valence-electron chi connectivity index (χ1n) is 10.6. The van der Waals surface area contributed by atoms with Gasteiger partial charge < -0.3 is 9.47 Å². The average molecular weight is 510 g/mol. The van der Waals surface area contributed by atoms with E-state index in [4.69, 9.17) is 9.47 Å². The lowest BCUT2D eigenvalue weighted by atomic mass is 10.2. The quantitative estimate of drug-likeness (QED) is 0.318. The average Bonchev–Trinajstić information content (AvgIpc) is 3.33. The molecular formula is C25H23N3O5S2. The van der Waals surface area contributed by atoms with E-state index in [0.717, 1.165) is 17.0 Å². The van der Waals surface area contributed by atoms with Crippen LogP contribution in [0.3, 0.4) is 0 Å². The fourth-order valence-corrected chi connectivity index (χ4v) is 4.95. The predicted octanol–water partition coefficient (Wildman–Crippen LogP) is 5.27. The number of thiazole rings is 1. The smallest absolute Gasteiger partial charge is 0.261 e. The summed E-state index contributed by atoms with van der Waals surface area (Å²) in [5.74, 6) is 1.00. The summed E-state index contributed by atoms with van der Waals surface area (Å²) in [6, 6.07) is 19.8. The van der Waals surface area contributed by atoms with Crippen LogP contribution >= 0.6 is 11.3 Å². The van der Waals surface area contributed by atoms with E-state index in [1.165, 1.54) is 42.7 Å². The Labute approximate surface area is 207 Å².